The number of furan rings is 1. The zero-order valence-corrected chi connectivity index (χ0v) is 12.0. The average molecular weight is 266 g/mol. The van der Waals surface area contributed by atoms with Gasteiger partial charge in [0.05, 0.1) is 12.8 Å². The highest BCUT2D eigenvalue weighted by atomic mass is 16.3. The molecule has 2 amide bonds. The fourth-order valence-corrected chi connectivity index (χ4v) is 1.66. The number of amides is 2. The highest BCUT2D eigenvalue weighted by molar-refractivity contribution is 5.78. The van der Waals surface area contributed by atoms with E-state index in [0.29, 0.717) is 18.8 Å². The molecule has 5 heteroatoms. The molecule has 1 rings (SSSR count). The third-order valence-corrected chi connectivity index (χ3v) is 2.50. The molecule has 1 aromatic heterocycles. The Morgan fingerprint density at radius 2 is 2.05 bits per heavy atom. The van der Waals surface area contributed by atoms with E-state index in [1.165, 1.54) is 6.92 Å². The van der Waals surface area contributed by atoms with E-state index < -0.39 is 0 Å². The van der Waals surface area contributed by atoms with E-state index in [1.54, 1.807) is 17.2 Å². The molecule has 0 aliphatic carbocycles. The molecule has 5 nitrogen and oxygen atoms in total. The van der Waals surface area contributed by atoms with Crippen molar-refractivity contribution in [3.63, 3.8) is 0 Å². The van der Waals surface area contributed by atoms with Gasteiger partial charge in [0.1, 0.15) is 5.76 Å². The van der Waals surface area contributed by atoms with Crippen LogP contribution in [-0.4, -0.2) is 28.8 Å². The zero-order valence-electron chi connectivity index (χ0n) is 12.0. The molecule has 106 valence electrons. The first-order valence-electron chi connectivity index (χ1n) is 6.37. The lowest BCUT2D eigenvalue weighted by Crippen LogP contribution is -2.42. The number of hydrogen-bond acceptors (Lipinski definition) is 3. The molecule has 0 spiro atoms. The van der Waals surface area contributed by atoms with Gasteiger partial charge in [-0.1, -0.05) is 0 Å². The second-order valence-electron chi connectivity index (χ2n) is 5.57. The fourth-order valence-electron chi connectivity index (χ4n) is 1.66. The van der Waals surface area contributed by atoms with Crippen LogP contribution < -0.4 is 5.32 Å². The van der Waals surface area contributed by atoms with Crippen LogP contribution in [0, 0.1) is 0 Å². The topological polar surface area (TPSA) is 62.6 Å². The Bertz CT molecular complexity index is 418. The first-order valence-corrected chi connectivity index (χ1v) is 6.37. The van der Waals surface area contributed by atoms with E-state index >= 15 is 0 Å². The van der Waals surface area contributed by atoms with Crippen LogP contribution in [0.2, 0.25) is 0 Å². The van der Waals surface area contributed by atoms with Crippen molar-refractivity contribution in [3.8, 4) is 0 Å². The lowest BCUT2D eigenvalue weighted by atomic mass is 10.1. The van der Waals surface area contributed by atoms with Crippen LogP contribution in [0.1, 0.15) is 39.9 Å². The molecule has 0 saturated carbocycles. The molecule has 0 aromatic carbocycles. The van der Waals surface area contributed by atoms with Gasteiger partial charge in [-0.3, -0.25) is 9.59 Å². The van der Waals surface area contributed by atoms with Crippen molar-refractivity contribution in [3.05, 3.63) is 24.2 Å². The number of carbonyl (C=O) groups excluding carboxylic acids is 2. The third kappa shape index (κ3) is 6.08. The van der Waals surface area contributed by atoms with Gasteiger partial charge < -0.3 is 14.6 Å². The number of hydrogen-bond donors (Lipinski definition) is 1. The molecule has 0 unspecified atom stereocenters. The Balaban J connectivity index is 2.46. The van der Waals surface area contributed by atoms with E-state index in [2.05, 4.69) is 5.32 Å². The molecule has 0 aliphatic heterocycles. The van der Waals surface area contributed by atoms with Gasteiger partial charge in [0.25, 0.3) is 0 Å². The second kappa shape index (κ2) is 6.41. The van der Waals surface area contributed by atoms with Crippen molar-refractivity contribution in [2.75, 3.05) is 6.54 Å². The minimum Gasteiger partial charge on any atom is -0.467 e. The van der Waals surface area contributed by atoms with Gasteiger partial charge in [-0.05, 0) is 32.9 Å². The minimum absolute atomic E-state index is 0.0572. The van der Waals surface area contributed by atoms with Crippen molar-refractivity contribution in [2.45, 2.75) is 46.2 Å². The summed E-state index contributed by atoms with van der Waals surface area (Å²) in [6, 6.07) is 3.59. The van der Waals surface area contributed by atoms with Crippen LogP contribution in [0.4, 0.5) is 0 Å². The van der Waals surface area contributed by atoms with Crippen molar-refractivity contribution in [2.24, 2.45) is 0 Å². The monoisotopic (exact) mass is 266 g/mol. The molecular weight excluding hydrogens is 244 g/mol. The predicted molar refractivity (Wildman–Crippen MR) is 72.3 cm³/mol. The lowest BCUT2D eigenvalue weighted by molar-refractivity contribution is -0.130. The molecule has 0 saturated heterocycles. The fraction of sp³-hybridized carbons (Fsp3) is 0.571. The first kappa shape index (κ1) is 15.3. The van der Waals surface area contributed by atoms with Crippen molar-refractivity contribution < 1.29 is 14.0 Å². The summed E-state index contributed by atoms with van der Waals surface area (Å²) >= 11 is 0. The van der Waals surface area contributed by atoms with Crippen molar-refractivity contribution >= 4 is 11.8 Å². The number of carbonyl (C=O) groups is 2. The predicted octanol–water partition coefficient (Wildman–Crippen LogP) is 1.93. The standard InChI is InChI=1S/C14H22N2O3/c1-11(17)16(10-12-6-5-9-19-12)8-7-13(18)15-14(2,3)4/h5-6,9H,7-8,10H2,1-4H3,(H,15,18). The van der Waals surface area contributed by atoms with Gasteiger partial charge in [0, 0.05) is 25.4 Å². The summed E-state index contributed by atoms with van der Waals surface area (Å²) in [4.78, 5) is 24.8. The van der Waals surface area contributed by atoms with Crippen LogP contribution in [0.15, 0.2) is 22.8 Å². The molecule has 0 aliphatic rings. The summed E-state index contributed by atoms with van der Waals surface area (Å²) in [5.41, 5.74) is -0.251. The summed E-state index contributed by atoms with van der Waals surface area (Å²) in [5, 5.41) is 2.87. The normalized spacial score (nSPS) is 11.2. The summed E-state index contributed by atoms with van der Waals surface area (Å²) in [7, 11) is 0. The minimum atomic E-state index is -0.251. The summed E-state index contributed by atoms with van der Waals surface area (Å²) in [6.45, 7) is 8.05. The van der Waals surface area contributed by atoms with Gasteiger partial charge in [-0.2, -0.15) is 0 Å². The summed E-state index contributed by atoms with van der Waals surface area (Å²) in [6.07, 6.45) is 1.86. The Kier molecular flexibility index (Phi) is 5.15. The SMILES string of the molecule is CC(=O)N(CCC(=O)NC(C)(C)C)Cc1ccco1. The van der Waals surface area contributed by atoms with Crippen LogP contribution in [0.3, 0.4) is 0 Å². The molecule has 0 radical (unpaired) electrons. The molecule has 1 N–H and O–H groups in total. The van der Waals surface area contributed by atoms with Crippen LogP contribution in [-0.2, 0) is 16.1 Å². The van der Waals surface area contributed by atoms with E-state index in [9.17, 15) is 9.59 Å². The molecule has 0 fully saturated rings. The maximum Gasteiger partial charge on any atom is 0.222 e. The van der Waals surface area contributed by atoms with Gasteiger partial charge in [-0.15, -0.1) is 0 Å². The number of nitrogens with one attached hydrogen (secondary N) is 1. The number of rotatable bonds is 5. The average Bonchev–Trinajstić information content (AvgIpc) is 2.73. The van der Waals surface area contributed by atoms with E-state index in [-0.39, 0.29) is 23.8 Å². The molecule has 1 aromatic rings. The summed E-state index contributed by atoms with van der Waals surface area (Å²) < 4.78 is 5.21. The second-order valence-corrected chi connectivity index (χ2v) is 5.57. The van der Waals surface area contributed by atoms with Crippen molar-refractivity contribution in [1.82, 2.24) is 10.2 Å². The maximum absolute atomic E-state index is 11.7. The van der Waals surface area contributed by atoms with E-state index in [1.807, 2.05) is 26.8 Å². The molecule has 1 heterocycles. The summed E-state index contributed by atoms with van der Waals surface area (Å²) in [5.74, 6) is 0.588. The highest BCUT2D eigenvalue weighted by Crippen LogP contribution is 2.07. The Labute approximate surface area is 114 Å². The number of nitrogens with zero attached hydrogens (tertiary/aromatic N) is 1. The van der Waals surface area contributed by atoms with Crippen molar-refractivity contribution in [1.29, 1.82) is 0 Å². The molecular formula is C14H22N2O3. The van der Waals surface area contributed by atoms with Gasteiger partial charge in [0.2, 0.25) is 11.8 Å². The highest BCUT2D eigenvalue weighted by Gasteiger charge is 2.16. The smallest absolute Gasteiger partial charge is 0.222 e. The molecule has 0 atom stereocenters. The van der Waals surface area contributed by atoms with Gasteiger partial charge in [-0.25, -0.2) is 0 Å². The largest absolute Gasteiger partial charge is 0.467 e. The van der Waals surface area contributed by atoms with Gasteiger partial charge in [0.15, 0.2) is 0 Å². The zero-order chi connectivity index (χ0) is 14.5. The molecule has 0 bridgehead atoms. The van der Waals surface area contributed by atoms with E-state index in [0.717, 1.165) is 0 Å². The first-order chi connectivity index (χ1) is 8.78. The Hall–Kier alpha value is -1.78. The van der Waals surface area contributed by atoms with Crippen LogP contribution in [0.25, 0.3) is 0 Å². The van der Waals surface area contributed by atoms with E-state index in [4.69, 9.17) is 4.42 Å². The quantitative estimate of drug-likeness (QED) is 0.885. The third-order valence-electron chi connectivity index (χ3n) is 2.50. The lowest BCUT2D eigenvalue weighted by Gasteiger charge is -2.23. The van der Waals surface area contributed by atoms with Crippen LogP contribution in [0.5, 0.6) is 0 Å². The van der Waals surface area contributed by atoms with Crippen LogP contribution >= 0.6 is 0 Å². The van der Waals surface area contributed by atoms with Gasteiger partial charge >= 0.3 is 0 Å². The maximum atomic E-state index is 11.7. The Morgan fingerprint density at radius 1 is 1.37 bits per heavy atom. The Morgan fingerprint density at radius 3 is 2.53 bits per heavy atom. The molecule has 19 heavy (non-hydrogen) atoms.